The quantitative estimate of drug-likeness (QED) is 0.775. The van der Waals surface area contributed by atoms with Gasteiger partial charge in [0.15, 0.2) is 16.7 Å². The van der Waals surface area contributed by atoms with Gasteiger partial charge in [-0.25, -0.2) is 9.97 Å². The number of hydrogen-bond acceptors (Lipinski definition) is 5. The van der Waals surface area contributed by atoms with Gasteiger partial charge in [0.1, 0.15) is 6.33 Å². The number of carbonyl (C=O) groups is 1. The first-order valence-corrected chi connectivity index (χ1v) is 5.34. The Morgan fingerprint density at radius 3 is 2.76 bits per heavy atom. The maximum absolute atomic E-state index is 10.9. The lowest BCUT2D eigenvalue weighted by atomic mass is 10.0. The Hall–Kier alpha value is -1.56. The average molecular weight is 259 g/mol. The number of ether oxygens (including phenoxy) is 1. The van der Waals surface area contributed by atoms with Crippen molar-refractivity contribution in [1.82, 2.24) is 9.97 Å². The summed E-state index contributed by atoms with van der Waals surface area (Å²) in [5, 5.41) is 3.26. The number of nitrogens with two attached hydrogens (primary N) is 1. The zero-order valence-electron chi connectivity index (χ0n) is 9.95. The van der Waals surface area contributed by atoms with E-state index in [1.54, 1.807) is 0 Å². The van der Waals surface area contributed by atoms with Gasteiger partial charge in [-0.1, -0.05) is 11.6 Å². The Bertz CT molecular complexity index is 423. The second kappa shape index (κ2) is 5.18. The number of halogens is 1. The normalized spacial score (nSPS) is 11.1. The van der Waals surface area contributed by atoms with E-state index in [0.717, 1.165) is 0 Å². The summed E-state index contributed by atoms with van der Waals surface area (Å²) in [4.78, 5) is 18.7. The molecule has 0 unspecified atom stereocenters. The topological polar surface area (TPSA) is 90.1 Å². The van der Waals surface area contributed by atoms with Gasteiger partial charge in [-0.05, 0) is 13.8 Å². The van der Waals surface area contributed by atoms with E-state index < -0.39 is 11.4 Å². The number of nitrogens with one attached hydrogen (secondary N) is 1. The summed E-state index contributed by atoms with van der Waals surface area (Å²) in [6, 6.07) is 0. The molecule has 0 fully saturated rings. The first-order chi connectivity index (χ1) is 7.85. The summed E-state index contributed by atoms with van der Waals surface area (Å²) < 4.78 is 5.09. The van der Waals surface area contributed by atoms with E-state index in [1.807, 2.05) is 13.8 Å². The smallest absolute Gasteiger partial charge is 0.219 e. The van der Waals surface area contributed by atoms with Crippen molar-refractivity contribution >= 4 is 23.3 Å². The van der Waals surface area contributed by atoms with Gasteiger partial charge in [-0.2, -0.15) is 0 Å². The van der Waals surface area contributed by atoms with Gasteiger partial charge in [0, 0.05) is 12.0 Å². The van der Waals surface area contributed by atoms with Crippen LogP contribution in [0.5, 0.6) is 5.75 Å². The number of nitrogens with zero attached hydrogens (tertiary/aromatic N) is 2. The Labute approximate surface area is 105 Å². The van der Waals surface area contributed by atoms with E-state index in [4.69, 9.17) is 22.1 Å². The highest BCUT2D eigenvalue weighted by Gasteiger charge is 2.23. The molecule has 17 heavy (non-hydrogen) atoms. The van der Waals surface area contributed by atoms with E-state index in [2.05, 4.69) is 15.3 Å². The molecule has 1 amide bonds. The first-order valence-electron chi connectivity index (χ1n) is 4.96. The third-order valence-corrected chi connectivity index (χ3v) is 2.31. The van der Waals surface area contributed by atoms with Crippen LogP contribution in [0.2, 0.25) is 5.15 Å². The van der Waals surface area contributed by atoms with Crippen LogP contribution in [0.4, 0.5) is 5.82 Å². The number of rotatable bonds is 5. The van der Waals surface area contributed by atoms with Crippen molar-refractivity contribution in [2.45, 2.75) is 25.8 Å². The fourth-order valence-corrected chi connectivity index (χ4v) is 1.63. The maximum Gasteiger partial charge on any atom is 0.219 e. The van der Waals surface area contributed by atoms with Crippen molar-refractivity contribution in [3.8, 4) is 5.75 Å². The number of amides is 1. The Kier molecular flexibility index (Phi) is 4.11. The molecule has 0 aliphatic rings. The average Bonchev–Trinajstić information content (AvgIpc) is 2.14. The highest BCUT2D eigenvalue weighted by molar-refractivity contribution is 6.31. The summed E-state index contributed by atoms with van der Waals surface area (Å²) >= 11 is 5.86. The predicted molar refractivity (Wildman–Crippen MR) is 65.1 cm³/mol. The van der Waals surface area contributed by atoms with Crippen LogP contribution < -0.4 is 15.8 Å². The highest BCUT2D eigenvalue weighted by atomic mass is 35.5. The number of methoxy groups -OCH3 is 1. The molecule has 6 nitrogen and oxygen atoms in total. The van der Waals surface area contributed by atoms with Crippen molar-refractivity contribution in [1.29, 1.82) is 0 Å². The summed E-state index contributed by atoms with van der Waals surface area (Å²) in [6.07, 6.45) is 1.48. The summed E-state index contributed by atoms with van der Waals surface area (Å²) in [5.74, 6) is 0.368. The van der Waals surface area contributed by atoms with E-state index in [9.17, 15) is 4.79 Å². The fourth-order valence-electron chi connectivity index (χ4n) is 1.42. The molecule has 0 radical (unpaired) electrons. The van der Waals surface area contributed by atoms with Gasteiger partial charge in [0.05, 0.1) is 7.11 Å². The van der Waals surface area contributed by atoms with Gasteiger partial charge in [0.2, 0.25) is 5.91 Å². The molecule has 0 saturated carbocycles. The lowest BCUT2D eigenvalue weighted by molar-refractivity contribution is -0.118. The molecule has 0 aliphatic heterocycles. The molecule has 3 N–H and O–H groups in total. The second-order valence-electron chi connectivity index (χ2n) is 4.20. The maximum atomic E-state index is 10.9. The molecule has 0 aromatic carbocycles. The van der Waals surface area contributed by atoms with Gasteiger partial charge >= 0.3 is 0 Å². The lowest BCUT2D eigenvalue weighted by Gasteiger charge is -2.26. The van der Waals surface area contributed by atoms with E-state index >= 15 is 0 Å². The van der Waals surface area contributed by atoms with Crippen LogP contribution in [-0.2, 0) is 4.79 Å². The van der Waals surface area contributed by atoms with Crippen molar-refractivity contribution in [2.75, 3.05) is 12.4 Å². The molecule has 1 heterocycles. The van der Waals surface area contributed by atoms with Crippen molar-refractivity contribution in [2.24, 2.45) is 5.73 Å². The van der Waals surface area contributed by atoms with Crippen LogP contribution >= 0.6 is 11.6 Å². The standard InChI is InChI=1S/C10H15ClN4O2/c1-10(2,4-6(12)16)15-9-7(17-3)8(11)13-5-14-9/h5H,4H2,1-3H3,(H2,12,16)(H,13,14,15). The minimum absolute atomic E-state index is 0.164. The van der Waals surface area contributed by atoms with Crippen molar-refractivity contribution in [3.05, 3.63) is 11.5 Å². The summed E-state index contributed by atoms with van der Waals surface area (Å²) in [7, 11) is 1.47. The van der Waals surface area contributed by atoms with Gasteiger partial charge in [0.25, 0.3) is 0 Å². The molecule has 1 aromatic heterocycles. The Balaban J connectivity index is 2.94. The molecule has 1 aromatic rings. The second-order valence-corrected chi connectivity index (χ2v) is 4.56. The molecule has 0 bridgehead atoms. The predicted octanol–water partition coefficient (Wildman–Crippen LogP) is 1.20. The van der Waals surface area contributed by atoms with E-state index in [0.29, 0.717) is 11.6 Å². The molecule has 94 valence electrons. The van der Waals surface area contributed by atoms with Crippen molar-refractivity contribution in [3.63, 3.8) is 0 Å². The monoisotopic (exact) mass is 258 g/mol. The van der Waals surface area contributed by atoms with E-state index in [-0.39, 0.29) is 11.6 Å². The third-order valence-electron chi connectivity index (χ3n) is 2.04. The number of hydrogen-bond donors (Lipinski definition) is 2. The van der Waals surface area contributed by atoms with Crippen LogP contribution in [0.3, 0.4) is 0 Å². The Morgan fingerprint density at radius 2 is 2.24 bits per heavy atom. The van der Waals surface area contributed by atoms with Crippen LogP contribution in [-0.4, -0.2) is 28.5 Å². The minimum Gasteiger partial charge on any atom is -0.490 e. The SMILES string of the molecule is COc1c(Cl)ncnc1NC(C)(C)CC(N)=O. The molecule has 1 rings (SSSR count). The number of aromatic nitrogens is 2. The summed E-state index contributed by atoms with van der Waals surface area (Å²) in [6.45, 7) is 3.65. The Morgan fingerprint density at radius 1 is 1.59 bits per heavy atom. The van der Waals surface area contributed by atoms with Crippen LogP contribution in [0.15, 0.2) is 6.33 Å². The zero-order valence-corrected chi connectivity index (χ0v) is 10.7. The molecule has 0 aliphatic carbocycles. The van der Waals surface area contributed by atoms with Crippen LogP contribution in [0.1, 0.15) is 20.3 Å². The molecule has 0 spiro atoms. The van der Waals surface area contributed by atoms with E-state index in [1.165, 1.54) is 13.4 Å². The lowest BCUT2D eigenvalue weighted by Crippen LogP contribution is -2.36. The zero-order chi connectivity index (χ0) is 13.1. The van der Waals surface area contributed by atoms with Gasteiger partial charge in [-0.3, -0.25) is 4.79 Å². The van der Waals surface area contributed by atoms with Crippen LogP contribution in [0, 0.1) is 0 Å². The van der Waals surface area contributed by atoms with Crippen LogP contribution in [0.25, 0.3) is 0 Å². The third kappa shape index (κ3) is 3.74. The first kappa shape index (κ1) is 13.5. The summed E-state index contributed by atoms with van der Waals surface area (Å²) in [5.41, 5.74) is 4.62. The molecular formula is C10H15ClN4O2. The molecule has 0 saturated heterocycles. The number of anilines is 1. The van der Waals surface area contributed by atoms with Gasteiger partial charge < -0.3 is 15.8 Å². The fraction of sp³-hybridized carbons (Fsp3) is 0.500. The number of carbonyl (C=O) groups excluding carboxylic acids is 1. The number of primary amides is 1. The molecule has 7 heteroatoms. The molecule has 0 atom stereocenters. The van der Waals surface area contributed by atoms with Gasteiger partial charge in [-0.15, -0.1) is 0 Å². The largest absolute Gasteiger partial charge is 0.490 e. The minimum atomic E-state index is -0.545. The van der Waals surface area contributed by atoms with Crippen molar-refractivity contribution < 1.29 is 9.53 Å². The highest BCUT2D eigenvalue weighted by Crippen LogP contribution is 2.30. The molecular weight excluding hydrogens is 244 g/mol.